The number of methoxy groups -OCH3 is 2. The largest absolute Gasteiger partial charge is 0.500 e. The first kappa shape index (κ1) is 17.8. The summed E-state index contributed by atoms with van der Waals surface area (Å²) in [5.74, 6) is 0.918. The van der Waals surface area contributed by atoms with E-state index in [0.717, 1.165) is 25.0 Å². The predicted octanol–water partition coefficient (Wildman–Crippen LogP) is 2.16. The number of nitrogens with one attached hydrogen (secondary N) is 2. The standard InChI is InChI=1S/C15H28N2O4/c1-15(2,3)21-14(18)16-9-7-6-8-11-12(19-4)10-13(17-11)20-5/h10-11,13,17H,6-9H2,1-5H3,(H,16,18)/t11-,13?/m0/s1. The quantitative estimate of drug-likeness (QED) is 0.705. The molecule has 6 heteroatoms. The lowest BCUT2D eigenvalue weighted by Crippen LogP contribution is -2.34. The molecule has 0 aromatic carbocycles. The van der Waals surface area contributed by atoms with E-state index in [1.807, 2.05) is 26.8 Å². The van der Waals surface area contributed by atoms with Crippen LogP contribution in [0, 0.1) is 0 Å². The number of hydrogen-bond donors (Lipinski definition) is 2. The Bertz CT molecular complexity index is 363. The number of carbonyl (C=O) groups excluding carboxylic acids is 1. The summed E-state index contributed by atoms with van der Waals surface area (Å²) in [6, 6.07) is 0.182. The van der Waals surface area contributed by atoms with E-state index in [0.29, 0.717) is 6.54 Å². The van der Waals surface area contributed by atoms with Crippen LogP contribution in [0.1, 0.15) is 40.0 Å². The second-order valence-electron chi connectivity index (χ2n) is 6.07. The van der Waals surface area contributed by atoms with Crippen LogP contribution in [0.2, 0.25) is 0 Å². The number of amides is 1. The van der Waals surface area contributed by atoms with Crippen LogP contribution in [0.15, 0.2) is 11.8 Å². The first-order valence-electron chi connectivity index (χ1n) is 7.37. The summed E-state index contributed by atoms with van der Waals surface area (Å²) >= 11 is 0. The molecule has 1 unspecified atom stereocenters. The van der Waals surface area contributed by atoms with Crippen molar-refractivity contribution in [2.75, 3.05) is 20.8 Å². The molecular formula is C15H28N2O4. The van der Waals surface area contributed by atoms with E-state index in [4.69, 9.17) is 14.2 Å². The van der Waals surface area contributed by atoms with Crippen LogP contribution < -0.4 is 10.6 Å². The Morgan fingerprint density at radius 2 is 2.05 bits per heavy atom. The molecule has 0 aliphatic carbocycles. The van der Waals surface area contributed by atoms with Gasteiger partial charge in [0.25, 0.3) is 0 Å². The second kappa shape index (κ2) is 8.24. The number of alkyl carbamates (subject to hydrolysis) is 1. The van der Waals surface area contributed by atoms with Crippen LogP contribution in [0.5, 0.6) is 0 Å². The fourth-order valence-corrected chi connectivity index (χ4v) is 2.14. The molecule has 21 heavy (non-hydrogen) atoms. The molecular weight excluding hydrogens is 272 g/mol. The molecule has 122 valence electrons. The van der Waals surface area contributed by atoms with Crippen molar-refractivity contribution in [1.82, 2.24) is 10.6 Å². The fourth-order valence-electron chi connectivity index (χ4n) is 2.14. The van der Waals surface area contributed by atoms with Crippen molar-refractivity contribution in [3.8, 4) is 0 Å². The van der Waals surface area contributed by atoms with E-state index >= 15 is 0 Å². The van der Waals surface area contributed by atoms with Crippen molar-refractivity contribution in [2.24, 2.45) is 0 Å². The minimum atomic E-state index is -0.453. The Kier molecular flexibility index (Phi) is 6.98. The molecule has 2 N–H and O–H groups in total. The third kappa shape index (κ3) is 6.82. The highest BCUT2D eigenvalue weighted by atomic mass is 16.6. The smallest absolute Gasteiger partial charge is 0.407 e. The molecule has 1 aliphatic rings. The van der Waals surface area contributed by atoms with Gasteiger partial charge < -0.3 is 19.5 Å². The molecule has 1 amide bonds. The highest BCUT2D eigenvalue weighted by Crippen LogP contribution is 2.18. The Labute approximate surface area is 127 Å². The first-order valence-corrected chi connectivity index (χ1v) is 7.37. The van der Waals surface area contributed by atoms with Crippen LogP contribution >= 0.6 is 0 Å². The predicted molar refractivity (Wildman–Crippen MR) is 80.9 cm³/mol. The molecule has 0 fully saturated rings. The van der Waals surface area contributed by atoms with Crippen molar-refractivity contribution in [1.29, 1.82) is 0 Å². The zero-order valence-electron chi connectivity index (χ0n) is 13.7. The summed E-state index contributed by atoms with van der Waals surface area (Å²) in [6.45, 7) is 6.16. The summed E-state index contributed by atoms with van der Waals surface area (Å²) in [5, 5.41) is 6.08. The Morgan fingerprint density at radius 3 is 2.62 bits per heavy atom. The molecule has 0 saturated heterocycles. The van der Waals surface area contributed by atoms with Gasteiger partial charge in [0.1, 0.15) is 17.6 Å². The monoisotopic (exact) mass is 300 g/mol. The maximum Gasteiger partial charge on any atom is 0.407 e. The van der Waals surface area contributed by atoms with E-state index in [9.17, 15) is 4.79 Å². The maximum absolute atomic E-state index is 11.5. The van der Waals surface area contributed by atoms with Crippen molar-refractivity contribution in [2.45, 2.75) is 57.9 Å². The molecule has 0 spiro atoms. The topological polar surface area (TPSA) is 68.8 Å². The van der Waals surface area contributed by atoms with Crippen LogP contribution in [0.25, 0.3) is 0 Å². The fraction of sp³-hybridized carbons (Fsp3) is 0.800. The Morgan fingerprint density at radius 1 is 1.33 bits per heavy atom. The number of rotatable bonds is 7. The van der Waals surface area contributed by atoms with Crippen molar-refractivity contribution in [3.63, 3.8) is 0 Å². The molecule has 0 aromatic rings. The van der Waals surface area contributed by atoms with Gasteiger partial charge in [-0.05, 0) is 46.1 Å². The lowest BCUT2D eigenvalue weighted by molar-refractivity contribution is 0.0527. The minimum absolute atomic E-state index is 0.0789. The van der Waals surface area contributed by atoms with Gasteiger partial charge in [-0.25, -0.2) is 4.79 Å². The van der Waals surface area contributed by atoms with Gasteiger partial charge in [-0.1, -0.05) is 0 Å². The molecule has 1 heterocycles. The molecule has 0 aromatic heterocycles. The molecule has 2 atom stereocenters. The lowest BCUT2D eigenvalue weighted by Gasteiger charge is -2.20. The van der Waals surface area contributed by atoms with Crippen molar-refractivity contribution < 1.29 is 19.0 Å². The van der Waals surface area contributed by atoms with E-state index in [1.165, 1.54) is 0 Å². The third-order valence-corrected chi connectivity index (χ3v) is 3.10. The van der Waals surface area contributed by atoms with E-state index in [-0.39, 0.29) is 18.4 Å². The van der Waals surface area contributed by atoms with E-state index in [1.54, 1.807) is 14.2 Å². The van der Waals surface area contributed by atoms with Crippen LogP contribution in [0.3, 0.4) is 0 Å². The Balaban J connectivity index is 2.15. The third-order valence-electron chi connectivity index (χ3n) is 3.10. The molecule has 1 rings (SSSR count). The van der Waals surface area contributed by atoms with Gasteiger partial charge in [-0.15, -0.1) is 0 Å². The van der Waals surface area contributed by atoms with Gasteiger partial charge in [0.05, 0.1) is 13.2 Å². The van der Waals surface area contributed by atoms with Gasteiger partial charge in [0.2, 0.25) is 0 Å². The number of unbranched alkanes of at least 4 members (excludes halogenated alkanes) is 1. The van der Waals surface area contributed by atoms with Gasteiger partial charge in [-0.2, -0.15) is 0 Å². The molecule has 6 nitrogen and oxygen atoms in total. The van der Waals surface area contributed by atoms with Crippen LogP contribution in [-0.2, 0) is 14.2 Å². The first-order chi connectivity index (χ1) is 9.85. The molecule has 1 aliphatic heterocycles. The maximum atomic E-state index is 11.5. The average molecular weight is 300 g/mol. The summed E-state index contributed by atoms with van der Waals surface area (Å²) in [5.41, 5.74) is -0.453. The van der Waals surface area contributed by atoms with Gasteiger partial charge in [0.15, 0.2) is 0 Å². The van der Waals surface area contributed by atoms with Crippen molar-refractivity contribution >= 4 is 6.09 Å². The van der Waals surface area contributed by atoms with Crippen LogP contribution in [0.4, 0.5) is 4.79 Å². The number of carbonyl (C=O) groups is 1. The highest BCUT2D eigenvalue weighted by Gasteiger charge is 2.25. The molecule has 0 radical (unpaired) electrons. The zero-order chi connectivity index (χ0) is 15.9. The average Bonchev–Trinajstić information content (AvgIpc) is 2.78. The van der Waals surface area contributed by atoms with Crippen LogP contribution in [-0.4, -0.2) is 44.7 Å². The SMILES string of the molecule is COC1=CC(OC)N[C@H]1CCCCNC(=O)OC(C)(C)C. The molecule has 0 bridgehead atoms. The van der Waals surface area contributed by atoms with E-state index < -0.39 is 5.60 Å². The zero-order valence-corrected chi connectivity index (χ0v) is 13.7. The summed E-state index contributed by atoms with van der Waals surface area (Å²) in [7, 11) is 3.33. The summed E-state index contributed by atoms with van der Waals surface area (Å²) < 4.78 is 15.7. The lowest BCUT2D eigenvalue weighted by atomic mass is 10.1. The van der Waals surface area contributed by atoms with Gasteiger partial charge in [-0.3, -0.25) is 5.32 Å². The normalized spacial score (nSPS) is 21.9. The summed E-state index contributed by atoms with van der Waals surface area (Å²) in [4.78, 5) is 11.5. The highest BCUT2D eigenvalue weighted by molar-refractivity contribution is 5.67. The summed E-state index contributed by atoms with van der Waals surface area (Å²) in [6.07, 6.45) is 4.32. The number of ether oxygens (including phenoxy) is 3. The van der Waals surface area contributed by atoms with Gasteiger partial charge >= 0.3 is 6.09 Å². The Hall–Kier alpha value is -1.27. The van der Waals surface area contributed by atoms with Crippen molar-refractivity contribution in [3.05, 3.63) is 11.8 Å². The second-order valence-corrected chi connectivity index (χ2v) is 6.07. The number of hydrogen-bond acceptors (Lipinski definition) is 5. The van der Waals surface area contributed by atoms with Gasteiger partial charge in [0, 0.05) is 13.7 Å². The van der Waals surface area contributed by atoms with E-state index in [2.05, 4.69) is 10.6 Å². The molecule has 0 saturated carbocycles. The minimum Gasteiger partial charge on any atom is -0.500 e.